The van der Waals surface area contributed by atoms with Crippen molar-refractivity contribution in [3.63, 3.8) is 0 Å². The van der Waals surface area contributed by atoms with Gasteiger partial charge in [-0.25, -0.2) is 4.98 Å². The van der Waals surface area contributed by atoms with Gasteiger partial charge in [-0.2, -0.15) is 0 Å². The standard InChI is InChI=1S/C11H19N3O/c1-8-9(2)14(7-12-8)6-10(15)13-11(3,4)5/h7H,6H2,1-5H3,(H,13,15). The van der Waals surface area contributed by atoms with Gasteiger partial charge < -0.3 is 9.88 Å². The molecule has 0 bridgehead atoms. The molecule has 0 atom stereocenters. The van der Waals surface area contributed by atoms with E-state index in [-0.39, 0.29) is 11.4 Å². The van der Waals surface area contributed by atoms with Gasteiger partial charge in [0.2, 0.25) is 5.91 Å². The predicted molar refractivity (Wildman–Crippen MR) is 59.6 cm³/mol. The van der Waals surface area contributed by atoms with E-state index in [4.69, 9.17) is 0 Å². The van der Waals surface area contributed by atoms with Crippen molar-refractivity contribution >= 4 is 5.91 Å². The summed E-state index contributed by atoms with van der Waals surface area (Å²) in [5.74, 6) is 0.0167. The number of hydrogen-bond acceptors (Lipinski definition) is 2. The number of aromatic nitrogens is 2. The van der Waals surface area contributed by atoms with E-state index >= 15 is 0 Å². The van der Waals surface area contributed by atoms with Gasteiger partial charge in [-0.1, -0.05) is 0 Å². The average Bonchev–Trinajstić information content (AvgIpc) is 2.32. The average molecular weight is 209 g/mol. The minimum Gasteiger partial charge on any atom is -0.350 e. The van der Waals surface area contributed by atoms with Gasteiger partial charge in [0.15, 0.2) is 0 Å². The second-order valence-electron chi connectivity index (χ2n) is 4.84. The molecule has 0 radical (unpaired) electrons. The van der Waals surface area contributed by atoms with Crippen molar-refractivity contribution in [3.8, 4) is 0 Å². The quantitative estimate of drug-likeness (QED) is 0.800. The Bertz CT molecular complexity index is 360. The number of aryl methyl sites for hydroxylation is 1. The first-order chi connectivity index (χ1) is 6.79. The molecule has 0 saturated heterocycles. The number of nitrogens with one attached hydrogen (secondary N) is 1. The first kappa shape index (κ1) is 11.8. The molecule has 0 aliphatic carbocycles. The van der Waals surface area contributed by atoms with Crippen LogP contribution in [0.1, 0.15) is 32.2 Å². The molecule has 4 heteroatoms. The van der Waals surface area contributed by atoms with Crippen molar-refractivity contribution in [2.24, 2.45) is 0 Å². The van der Waals surface area contributed by atoms with Crippen LogP contribution < -0.4 is 5.32 Å². The van der Waals surface area contributed by atoms with Crippen LogP contribution in [0.25, 0.3) is 0 Å². The Hall–Kier alpha value is -1.32. The largest absolute Gasteiger partial charge is 0.350 e. The first-order valence-electron chi connectivity index (χ1n) is 5.09. The highest BCUT2D eigenvalue weighted by Crippen LogP contribution is 2.04. The number of carbonyl (C=O) groups excluding carboxylic acids is 1. The van der Waals surface area contributed by atoms with Crippen LogP contribution in [0.2, 0.25) is 0 Å². The molecule has 0 aromatic carbocycles. The molecule has 0 aliphatic rings. The molecule has 1 amide bonds. The zero-order chi connectivity index (χ0) is 11.6. The van der Waals surface area contributed by atoms with Crippen LogP contribution >= 0.6 is 0 Å². The van der Waals surface area contributed by atoms with Crippen LogP contribution in [0.15, 0.2) is 6.33 Å². The van der Waals surface area contributed by atoms with Gasteiger partial charge in [-0.15, -0.1) is 0 Å². The molecule has 0 spiro atoms. The van der Waals surface area contributed by atoms with Gasteiger partial charge in [0.25, 0.3) is 0 Å². The summed E-state index contributed by atoms with van der Waals surface area (Å²) in [5.41, 5.74) is 1.83. The molecule has 4 nitrogen and oxygen atoms in total. The summed E-state index contributed by atoms with van der Waals surface area (Å²) in [4.78, 5) is 15.8. The highest BCUT2D eigenvalue weighted by atomic mass is 16.2. The summed E-state index contributed by atoms with van der Waals surface area (Å²) in [6.45, 7) is 10.1. The number of rotatable bonds is 2. The molecular weight excluding hydrogens is 190 g/mol. The maximum Gasteiger partial charge on any atom is 0.240 e. The van der Waals surface area contributed by atoms with Gasteiger partial charge in [0.1, 0.15) is 6.54 Å². The number of imidazole rings is 1. The zero-order valence-corrected chi connectivity index (χ0v) is 10.1. The van der Waals surface area contributed by atoms with E-state index in [1.807, 2.05) is 39.2 Å². The third kappa shape index (κ3) is 3.38. The molecule has 15 heavy (non-hydrogen) atoms. The second kappa shape index (κ2) is 4.04. The Labute approximate surface area is 90.7 Å². The number of hydrogen-bond donors (Lipinski definition) is 1. The van der Waals surface area contributed by atoms with Crippen LogP contribution in [0.3, 0.4) is 0 Å². The van der Waals surface area contributed by atoms with Crippen molar-refractivity contribution in [2.75, 3.05) is 0 Å². The lowest BCUT2D eigenvalue weighted by Crippen LogP contribution is -2.42. The Balaban J connectivity index is 2.63. The van der Waals surface area contributed by atoms with Crippen LogP contribution in [0.5, 0.6) is 0 Å². The van der Waals surface area contributed by atoms with Crippen molar-refractivity contribution < 1.29 is 4.79 Å². The van der Waals surface area contributed by atoms with E-state index in [0.29, 0.717) is 6.54 Å². The predicted octanol–water partition coefficient (Wildman–Crippen LogP) is 1.41. The lowest BCUT2D eigenvalue weighted by molar-refractivity contribution is -0.123. The Kier molecular flexibility index (Phi) is 3.17. The normalized spacial score (nSPS) is 11.5. The van der Waals surface area contributed by atoms with Gasteiger partial charge in [0.05, 0.1) is 12.0 Å². The molecule has 1 heterocycles. The summed E-state index contributed by atoms with van der Waals surface area (Å²) in [6, 6.07) is 0. The van der Waals surface area contributed by atoms with Crippen LogP contribution in [0.4, 0.5) is 0 Å². The van der Waals surface area contributed by atoms with Crippen LogP contribution in [-0.4, -0.2) is 21.0 Å². The van der Waals surface area contributed by atoms with Gasteiger partial charge in [-0.3, -0.25) is 4.79 Å². The molecule has 1 rings (SSSR count). The van der Waals surface area contributed by atoms with E-state index in [0.717, 1.165) is 11.4 Å². The Morgan fingerprint density at radius 2 is 2.07 bits per heavy atom. The van der Waals surface area contributed by atoms with Crippen molar-refractivity contribution in [2.45, 2.75) is 46.7 Å². The van der Waals surface area contributed by atoms with Crippen LogP contribution in [-0.2, 0) is 11.3 Å². The third-order valence-electron chi connectivity index (χ3n) is 2.17. The third-order valence-corrected chi connectivity index (χ3v) is 2.17. The molecule has 1 aromatic rings. The fourth-order valence-corrected chi connectivity index (χ4v) is 1.32. The summed E-state index contributed by atoms with van der Waals surface area (Å²) in [6.07, 6.45) is 1.70. The minimum absolute atomic E-state index is 0.0167. The number of nitrogens with zero attached hydrogens (tertiary/aromatic N) is 2. The molecule has 84 valence electrons. The topological polar surface area (TPSA) is 46.9 Å². The fourth-order valence-electron chi connectivity index (χ4n) is 1.32. The minimum atomic E-state index is -0.180. The van der Waals surface area contributed by atoms with Crippen molar-refractivity contribution in [1.82, 2.24) is 14.9 Å². The van der Waals surface area contributed by atoms with E-state index in [2.05, 4.69) is 10.3 Å². The summed E-state index contributed by atoms with van der Waals surface area (Å²) in [7, 11) is 0. The SMILES string of the molecule is Cc1ncn(CC(=O)NC(C)(C)C)c1C. The maximum atomic E-state index is 11.6. The molecule has 1 N–H and O–H groups in total. The molecule has 0 saturated carbocycles. The van der Waals surface area contributed by atoms with E-state index in [1.54, 1.807) is 6.33 Å². The number of amides is 1. The molecular formula is C11H19N3O. The Morgan fingerprint density at radius 1 is 1.47 bits per heavy atom. The summed E-state index contributed by atoms with van der Waals surface area (Å²) in [5, 5.41) is 2.92. The maximum absolute atomic E-state index is 11.6. The molecule has 0 fully saturated rings. The number of carbonyl (C=O) groups is 1. The van der Waals surface area contributed by atoms with E-state index in [1.165, 1.54) is 0 Å². The molecule has 1 aromatic heterocycles. The summed E-state index contributed by atoms with van der Waals surface area (Å²) < 4.78 is 1.86. The van der Waals surface area contributed by atoms with Gasteiger partial charge in [-0.05, 0) is 34.6 Å². The lowest BCUT2D eigenvalue weighted by atomic mass is 10.1. The smallest absolute Gasteiger partial charge is 0.240 e. The molecule has 0 unspecified atom stereocenters. The fraction of sp³-hybridized carbons (Fsp3) is 0.636. The second-order valence-corrected chi connectivity index (χ2v) is 4.84. The highest BCUT2D eigenvalue weighted by Gasteiger charge is 2.14. The van der Waals surface area contributed by atoms with Crippen molar-refractivity contribution in [3.05, 3.63) is 17.7 Å². The highest BCUT2D eigenvalue weighted by molar-refractivity contribution is 5.76. The van der Waals surface area contributed by atoms with E-state index < -0.39 is 0 Å². The van der Waals surface area contributed by atoms with Crippen molar-refractivity contribution in [1.29, 1.82) is 0 Å². The zero-order valence-electron chi connectivity index (χ0n) is 10.1. The Morgan fingerprint density at radius 3 is 2.47 bits per heavy atom. The monoisotopic (exact) mass is 209 g/mol. The van der Waals surface area contributed by atoms with Gasteiger partial charge >= 0.3 is 0 Å². The first-order valence-corrected chi connectivity index (χ1v) is 5.09. The lowest BCUT2D eigenvalue weighted by Gasteiger charge is -2.20. The van der Waals surface area contributed by atoms with E-state index in [9.17, 15) is 4.79 Å². The van der Waals surface area contributed by atoms with Gasteiger partial charge in [0, 0.05) is 11.2 Å². The summed E-state index contributed by atoms with van der Waals surface area (Å²) >= 11 is 0. The molecule has 0 aliphatic heterocycles. The van der Waals surface area contributed by atoms with Crippen LogP contribution in [0, 0.1) is 13.8 Å².